The van der Waals surface area contributed by atoms with Crippen molar-refractivity contribution in [3.8, 4) is 11.5 Å². The third kappa shape index (κ3) is 6.27. The van der Waals surface area contributed by atoms with E-state index >= 15 is 0 Å². The quantitative estimate of drug-likeness (QED) is 0.332. The Balaban J connectivity index is 0.00000261. The molecule has 1 aliphatic carbocycles. The summed E-state index contributed by atoms with van der Waals surface area (Å²) in [6.07, 6.45) is 5.02. The Hall–Kier alpha value is -1.48. The summed E-state index contributed by atoms with van der Waals surface area (Å²) in [7, 11) is 3.47. The molecular weight excluding hydrogens is 473 g/mol. The van der Waals surface area contributed by atoms with Gasteiger partial charge in [-0.15, -0.1) is 35.3 Å². The first-order chi connectivity index (χ1) is 12.8. The fourth-order valence-electron chi connectivity index (χ4n) is 3.15. The molecule has 0 aliphatic heterocycles. The molecule has 2 N–H and O–H groups in total. The van der Waals surface area contributed by atoms with Gasteiger partial charge in [0.2, 0.25) is 0 Å². The van der Waals surface area contributed by atoms with Gasteiger partial charge >= 0.3 is 0 Å². The SMILES string of the molecule is CN=C(NCc1cccs1)NCc1cccc(OC)c1OC1CCCC1.I. The molecule has 0 radical (unpaired) electrons. The second-order valence-electron chi connectivity index (χ2n) is 6.33. The highest BCUT2D eigenvalue weighted by Gasteiger charge is 2.20. The fraction of sp³-hybridized carbons (Fsp3) is 0.450. The van der Waals surface area contributed by atoms with Crippen LogP contribution in [0, 0.1) is 0 Å². The third-order valence-electron chi connectivity index (χ3n) is 4.55. The van der Waals surface area contributed by atoms with Crippen molar-refractivity contribution in [2.24, 2.45) is 4.99 Å². The van der Waals surface area contributed by atoms with Crippen LogP contribution in [-0.4, -0.2) is 26.2 Å². The average Bonchev–Trinajstić information content (AvgIpc) is 3.36. The molecule has 1 aromatic heterocycles. The van der Waals surface area contributed by atoms with Gasteiger partial charge in [0.05, 0.1) is 19.8 Å². The number of hydrogen-bond acceptors (Lipinski definition) is 4. The minimum absolute atomic E-state index is 0. The Kier molecular flexibility index (Phi) is 9.20. The van der Waals surface area contributed by atoms with Crippen molar-refractivity contribution in [2.75, 3.05) is 14.2 Å². The van der Waals surface area contributed by atoms with Crippen LogP contribution >= 0.6 is 35.3 Å². The smallest absolute Gasteiger partial charge is 0.191 e. The van der Waals surface area contributed by atoms with Gasteiger partial charge in [0.25, 0.3) is 0 Å². The van der Waals surface area contributed by atoms with E-state index in [0.29, 0.717) is 12.6 Å². The Bertz CT molecular complexity index is 716. The van der Waals surface area contributed by atoms with E-state index in [0.717, 1.165) is 42.4 Å². The highest BCUT2D eigenvalue weighted by molar-refractivity contribution is 14.0. The minimum atomic E-state index is 0. The first-order valence-electron chi connectivity index (χ1n) is 9.09. The molecule has 1 fully saturated rings. The molecule has 148 valence electrons. The first kappa shape index (κ1) is 21.8. The number of rotatable bonds is 7. The average molecular weight is 501 g/mol. The summed E-state index contributed by atoms with van der Waals surface area (Å²) >= 11 is 1.73. The zero-order chi connectivity index (χ0) is 18.2. The van der Waals surface area contributed by atoms with Crippen LogP contribution in [0.1, 0.15) is 36.1 Å². The van der Waals surface area contributed by atoms with Gasteiger partial charge in [0, 0.05) is 24.0 Å². The Morgan fingerprint density at radius 3 is 2.59 bits per heavy atom. The van der Waals surface area contributed by atoms with Crippen LogP contribution < -0.4 is 20.1 Å². The maximum atomic E-state index is 6.29. The number of aliphatic imine (C=N–C) groups is 1. The number of nitrogens with one attached hydrogen (secondary N) is 2. The van der Waals surface area contributed by atoms with Crippen LogP contribution in [0.25, 0.3) is 0 Å². The lowest BCUT2D eigenvalue weighted by Crippen LogP contribution is -2.36. The fourth-order valence-corrected chi connectivity index (χ4v) is 3.80. The topological polar surface area (TPSA) is 54.9 Å². The zero-order valence-electron chi connectivity index (χ0n) is 15.9. The van der Waals surface area contributed by atoms with Crippen molar-refractivity contribution in [3.63, 3.8) is 0 Å². The van der Waals surface area contributed by atoms with Crippen LogP contribution in [0.4, 0.5) is 0 Å². The number of thiophene rings is 1. The molecule has 27 heavy (non-hydrogen) atoms. The summed E-state index contributed by atoms with van der Waals surface area (Å²) < 4.78 is 11.8. The van der Waals surface area contributed by atoms with Crippen molar-refractivity contribution in [1.82, 2.24) is 10.6 Å². The molecule has 1 heterocycles. The molecule has 2 aromatic rings. The molecule has 5 nitrogen and oxygen atoms in total. The predicted molar refractivity (Wildman–Crippen MR) is 123 cm³/mol. The Morgan fingerprint density at radius 1 is 1.15 bits per heavy atom. The van der Waals surface area contributed by atoms with Gasteiger partial charge < -0.3 is 20.1 Å². The molecule has 0 saturated heterocycles. The van der Waals surface area contributed by atoms with Crippen LogP contribution in [-0.2, 0) is 13.1 Å². The van der Waals surface area contributed by atoms with Gasteiger partial charge in [-0.3, -0.25) is 4.99 Å². The molecular formula is C20H28IN3O2S. The molecule has 1 saturated carbocycles. The summed E-state index contributed by atoms with van der Waals surface area (Å²) in [6.45, 7) is 1.39. The normalized spacial score (nSPS) is 14.5. The van der Waals surface area contributed by atoms with E-state index in [1.165, 1.54) is 17.7 Å². The van der Waals surface area contributed by atoms with Crippen LogP contribution in [0.3, 0.4) is 0 Å². The van der Waals surface area contributed by atoms with Gasteiger partial charge in [-0.25, -0.2) is 0 Å². The van der Waals surface area contributed by atoms with Crippen molar-refractivity contribution >= 4 is 41.3 Å². The number of guanidine groups is 1. The molecule has 0 unspecified atom stereocenters. The van der Waals surface area contributed by atoms with E-state index in [2.05, 4.69) is 39.2 Å². The minimum Gasteiger partial charge on any atom is -0.493 e. The number of benzene rings is 1. The Labute approximate surface area is 182 Å². The number of halogens is 1. The lowest BCUT2D eigenvalue weighted by atomic mass is 10.1. The highest BCUT2D eigenvalue weighted by atomic mass is 127. The number of hydrogen-bond donors (Lipinski definition) is 2. The third-order valence-corrected chi connectivity index (χ3v) is 5.42. The second-order valence-corrected chi connectivity index (χ2v) is 7.36. The summed E-state index contributed by atoms with van der Waals surface area (Å²) in [6, 6.07) is 10.2. The summed E-state index contributed by atoms with van der Waals surface area (Å²) in [5.74, 6) is 2.41. The molecule has 0 bridgehead atoms. The standard InChI is InChI=1S/C20H27N3O2S.HI/c1-21-20(23-14-17-10-6-12-26-17)22-13-15-7-5-11-18(24-2)19(15)25-16-8-3-4-9-16;/h5-7,10-12,16H,3-4,8-9,13-14H2,1-2H3,(H2,21,22,23);1H. The van der Waals surface area contributed by atoms with E-state index in [4.69, 9.17) is 9.47 Å². The molecule has 7 heteroatoms. The maximum absolute atomic E-state index is 6.29. The van der Waals surface area contributed by atoms with Crippen LogP contribution in [0.15, 0.2) is 40.7 Å². The number of nitrogens with zero attached hydrogens (tertiary/aromatic N) is 1. The first-order valence-corrected chi connectivity index (χ1v) is 9.97. The number of methoxy groups -OCH3 is 1. The number of ether oxygens (including phenoxy) is 2. The van der Waals surface area contributed by atoms with Gasteiger partial charge in [-0.2, -0.15) is 0 Å². The van der Waals surface area contributed by atoms with E-state index < -0.39 is 0 Å². The van der Waals surface area contributed by atoms with Crippen molar-refractivity contribution in [3.05, 3.63) is 46.2 Å². The monoisotopic (exact) mass is 501 g/mol. The molecule has 0 amide bonds. The highest BCUT2D eigenvalue weighted by Crippen LogP contribution is 2.34. The van der Waals surface area contributed by atoms with E-state index in [-0.39, 0.29) is 24.0 Å². The predicted octanol–water partition coefficient (Wildman–Crippen LogP) is 4.56. The summed E-state index contributed by atoms with van der Waals surface area (Å²) in [5, 5.41) is 8.79. The van der Waals surface area contributed by atoms with E-state index in [1.54, 1.807) is 25.5 Å². The van der Waals surface area contributed by atoms with Gasteiger partial charge in [0.1, 0.15) is 0 Å². The molecule has 0 atom stereocenters. The summed E-state index contributed by atoms with van der Waals surface area (Å²) in [5.41, 5.74) is 1.08. The van der Waals surface area contributed by atoms with Gasteiger partial charge in [-0.1, -0.05) is 18.2 Å². The summed E-state index contributed by atoms with van der Waals surface area (Å²) in [4.78, 5) is 5.58. The van der Waals surface area contributed by atoms with E-state index in [9.17, 15) is 0 Å². The van der Waals surface area contributed by atoms with Crippen molar-refractivity contribution < 1.29 is 9.47 Å². The second kappa shape index (κ2) is 11.4. The van der Waals surface area contributed by atoms with Crippen molar-refractivity contribution in [1.29, 1.82) is 0 Å². The zero-order valence-corrected chi connectivity index (χ0v) is 19.0. The van der Waals surface area contributed by atoms with Crippen molar-refractivity contribution in [2.45, 2.75) is 44.9 Å². The largest absolute Gasteiger partial charge is 0.493 e. The maximum Gasteiger partial charge on any atom is 0.191 e. The molecule has 3 rings (SSSR count). The van der Waals surface area contributed by atoms with Gasteiger partial charge in [-0.05, 0) is 43.2 Å². The van der Waals surface area contributed by atoms with Crippen LogP contribution in [0.5, 0.6) is 11.5 Å². The Morgan fingerprint density at radius 2 is 1.93 bits per heavy atom. The van der Waals surface area contributed by atoms with E-state index in [1.807, 2.05) is 12.1 Å². The number of para-hydroxylation sites is 1. The lowest BCUT2D eigenvalue weighted by Gasteiger charge is -2.20. The lowest BCUT2D eigenvalue weighted by molar-refractivity contribution is 0.198. The molecule has 1 aromatic carbocycles. The van der Waals surface area contributed by atoms with Gasteiger partial charge in [0.15, 0.2) is 17.5 Å². The molecule has 1 aliphatic rings. The van der Waals surface area contributed by atoms with Crippen LogP contribution in [0.2, 0.25) is 0 Å². The molecule has 0 spiro atoms.